The summed E-state index contributed by atoms with van der Waals surface area (Å²) in [5, 5.41) is 0.764. The van der Waals surface area contributed by atoms with Crippen molar-refractivity contribution in [3.05, 3.63) is 28.2 Å². The van der Waals surface area contributed by atoms with Crippen LogP contribution in [-0.2, 0) is 4.79 Å². The predicted molar refractivity (Wildman–Crippen MR) is 85.2 cm³/mol. The van der Waals surface area contributed by atoms with Crippen molar-refractivity contribution in [2.75, 3.05) is 32.7 Å². The number of nitrogens with zero attached hydrogens (tertiary/aromatic N) is 2. The largest absolute Gasteiger partial charge is 0.479 e. The second-order valence-corrected chi connectivity index (χ2v) is 5.86. The maximum atomic E-state index is 12.4. The Morgan fingerprint density at radius 1 is 1.29 bits per heavy atom. The molecule has 116 valence electrons. The monoisotopic (exact) mass is 330 g/mol. The van der Waals surface area contributed by atoms with E-state index in [0.29, 0.717) is 15.8 Å². The fourth-order valence-electron chi connectivity index (χ4n) is 2.36. The standard InChI is InChI=1S/C15H20Cl2N2O2/c1-3-18-7-9-19(10-8-18)15(20)11(2)21-13-6-4-5-12(16)14(13)17/h4-6,11H,3,7-10H2,1-2H3/t11-/m1/s1. The average Bonchev–Trinajstić information content (AvgIpc) is 2.51. The van der Waals surface area contributed by atoms with E-state index in [1.807, 2.05) is 4.90 Å². The number of carbonyl (C=O) groups is 1. The summed E-state index contributed by atoms with van der Waals surface area (Å²) < 4.78 is 5.67. The number of benzene rings is 1. The highest BCUT2D eigenvalue weighted by Gasteiger charge is 2.26. The van der Waals surface area contributed by atoms with Gasteiger partial charge in [0.2, 0.25) is 0 Å². The smallest absolute Gasteiger partial charge is 0.263 e. The van der Waals surface area contributed by atoms with E-state index in [1.54, 1.807) is 25.1 Å². The third-order valence-electron chi connectivity index (χ3n) is 3.70. The Kier molecular flexibility index (Phi) is 5.73. The van der Waals surface area contributed by atoms with E-state index in [9.17, 15) is 4.79 Å². The average molecular weight is 331 g/mol. The van der Waals surface area contributed by atoms with Crippen LogP contribution in [0.15, 0.2) is 18.2 Å². The van der Waals surface area contributed by atoms with E-state index >= 15 is 0 Å². The molecule has 6 heteroatoms. The van der Waals surface area contributed by atoms with Crippen LogP contribution in [0.4, 0.5) is 0 Å². The van der Waals surface area contributed by atoms with Gasteiger partial charge in [-0.05, 0) is 25.6 Å². The SMILES string of the molecule is CCN1CCN(C(=O)[C@@H](C)Oc2cccc(Cl)c2Cl)CC1. The molecule has 21 heavy (non-hydrogen) atoms. The van der Waals surface area contributed by atoms with Crippen LogP contribution in [0.25, 0.3) is 0 Å². The molecule has 1 saturated heterocycles. The molecular formula is C15H20Cl2N2O2. The zero-order chi connectivity index (χ0) is 15.4. The fourth-order valence-corrected chi connectivity index (χ4v) is 2.69. The van der Waals surface area contributed by atoms with Gasteiger partial charge in [-0.15, -0.1) is 0 Å². The second kappa shape index (κ2) is 7.34. The van der Waals surface area contributed by atoms with Crippen LogP contribution in [0, 0.1) is 0 Å². The van der Waals surface area contributed by atoms with Crippen molar-refractivity contribution in [3.8, 4) is 5.75 Å². The molecule has 1 atom stereocenters. The van der Waals surface area contributed by atoms with Gasteiger partial charge in [0.25, 0.3) is 5.91 Å². The molecular weight excluding hydrogens is 311 g/mol. The molecule has 0 saturated carbocycles. The van der Waals surface area contributed by atoms with Crippen LogP contribution in [0.5, 0.6) is 5.75 Å². The zero-order valence-electron chi connectivity index (χ0n) is 12.3. The highest BCUT2D eigenvalue weighted by molar-refractivity contribution is 6.42. The van der Waals surface area contributed by atoms with E-state index in [1.165, 1.54) is 0 Å². The van der Waals surface area contributed by atoms with Gasteiger partial charge in [0.15, 0.2) is 6.10 Å². The summed E-state index contributed by atoms with van der Waals surface area (Å²) >= 11 is 12.0. The van der Waals surface area contributed by atoms with Gasteiger partial charge in [0.1, 0.15) is 10.8 Å². The van der Waals surface area contributed by atoms with Gasteiger partial charge < -0.3 is 14.5 Å². The van der Waals surface area contributed by atoms with Crippen molar-refractivity contribution in [1.82, 2.24) is 9.80 Å². The lowest BCUT2D eigenvalue weighted by Gasteiger charge is -2.35. The predicted octanol–water partition coefficient (Wildman–Crippen LogP) is 2.92. The van der Waals surface area contributed by atoms with Crippen LogP contribution in [-0.4, -0.2) is 54.5 Å². The summed E-state index contributed by atoms with van der Waals surface area (Å²) in [6.45, 7) is 8.19. The third-order valence-corrected chi connectivity index (χ3v) is 4.50. The summed E-state index contributed by atoms with van der Waals surface area (Å²) in [5.41, 5.74) is 0. The molecule has 1 fully saturated rings. The first-order valence-electron chi connectivity index (χ1n) is 7.14. The molecule has 0 radical (unpaired) electrons. The number of amides is 1. The summed E-state index contributed by atoms with van der Waals surface area (Å²) in [5.74, 6) is 0.430. The molecule has 0 N–H and O–H groups in total. The Morgan fingerprint density at radius 2 is 1.95 bits per heavy atom. The van der Waals surface area contributed by atoms with Crippen LogP contribution < -0.4 is 4.74 Å². The molecule has 2 rings (SSSR count). The van der Waals surface area contributed by atoms with Crippen LogP contribution >= 0.6 is 23.2 Å². The molecule has 1 aromatic carbocycles. The van der Waals surface area contributed by atoms with Crippen molar-refractivity contribution in [1.29, 1.82) is 0 Å². The topological polar surface area (TPSA) is 32.8 Å². The maximum Gasteiger partial charge on any atom is 0.263 e. The number of rotatable bonds is 4. The van der Waals surface area contributed by atoms with Gasteiger partial charge in [-0.3, -0.25) is 4.79 Å². The molecule has 0 bridgehead atoms. The molecule has 1 aliphatic rings. The number of hydrogen-bond acceptors (Lipinski definition) is 3. The fraction of sp³-hybridized carbons (Fsp3) is 0.533. The lowest BCUT2D eigenvalue weighted by atomic mass is 10.2. The van der Waals surface area contributed by atoms with Gasteiger partial charge in [-0.25, -0.2) is 0 Å². The minimum absolute atomic E-state index is 0.0122. The Labute approximate surface area is 135 Å². The lowest BCUT2D eigenvalue weighted by Crippen LogP contribution is -2.51. The van der Waals surface area contributed by atoms with Crippen molar-refractivity contribution in [2.45, 2.75) is 20.0 Å². The summed E-state index contributed by atoms with van der Waals surface area (Å²) in [7, 11) is 0. The van der Waals surface area contributed by atoms with Crippen LogP contribution in [0.3, 0.4) is 0 Å². The van der Waals surface area contributed by atoms with Crippen molar-refractivity contribution in [3.63, 3.8) is 0 Å². The van der Waals surface area contributed by atoms with Gasteiger partial charge >= 0.3 is 0 Å². The van der Waals surface area contributed by atoms with Crippen LogP contribution in [0.1, 0.15) is 13.8 Å². The number of halogens is 2. The number of hydrogen-bond donors (Lipinski definition) is 0. The Bertz CT molecular complexity index is 502. The first-order valence-corrected chi connectivity index (χ1v) is 7.90. The highest BCUT2D eigenvalue weighted by Crippen LogP contribution is 2.32. The molecule has 0 unspecified atom stereocenters. The van der Waals surface area contributed by atoms with Gasteiger partial charge in [-0.2, -0.15) is 0 Å². The van der Waals surface area contributed by atoms with Crippen molar-refractivity contribution < 1.29 is 9.53 Å². The first kappa shape index (κ1) is 16.4. The first-order chi connectivity index (χ1) is 10.0. The lowest BCUT2D eigenvalue weighted by molar-refractivity contribution is -0.139. The van der Waals surface area contributed by atoms with E-state index in [4.69, 9.17) is 27.9 Å². The normalized spacial score (nSPS) is 17.6. The van der Waals surface area contributed by atoms with Crippen LogP contribution in [0.2, 0.25) is 10.0 Å². The van der Waals surface area contributed by atoms with E-state index in [0.717, 1.165) is 32.7 Å². The van der Waals surface area contributed by atoms with Crippen molar-refractivity contribution in [2.24, 2.45) is 0 Å². The van der Waals surface area contributed by atoms with Gasteiger partial charge in [-0.1, -0.05) is 36.2 Å². The van der Waals surface area contributed by atoms with E-state index in [-0.39, 0.29) is 5.91 Å². The van der Waals surface area contributed by atoms with E-state index < -0.39 is 6.10 Å². The highest BCUT2D eigenvalue weighted by atomic mass is 35.5. The summed E-state index contributed by atoms with van der Waals surface area (Å²) in [4.78, 5) is 16.6. The third kappa shape index (κ3) is 4.02. The second-order valence-electron chi connectivity index (χ2n) is 5.07. The summed E-state index contributed by atoms with van der Waals surface area (Å²) in [6, 6.07) is 5.15. The zero-order valence-corrected chi connectivity index (χ0v) is 13.8. The summed E-state index contributed by atoms with van der Waals surface area (Å²) in [6.07, 6.45) is -0.575. The quantitative estimate of drug-likeness (QED) is 0.850. The Hall–Kier alpha value is -0.970. The van der Waals surface area contributed by atoms with Gasteiger partial charge in [0, 0.05) is 26.2 Å². The number of ether oxygens (including phenoxy) is 1. The molecule has 0 spiro atoms. The Morgan fingerprint density at radius 3 is 2.57 bits per heavy atom. The molecule has 0 aliphatic carbocycles. The van der Waals surface area contributed by atoms with E-state index in [2.05, 4.69) is 11.8 Å². The van der Waals surface area contributed by atoms with Gasteiger partial charge in [0.05, 0.1) is 5.02 Å². The minimum atomic E-state index is -0.575. The Balaban J connectivity index is 1.95. The maximum absolute atomic E-state index is 12.4. The molecule has 1 aromatic rings. The molecule has 1 heterocycles. The number of piperazine rings is 1. The molecule has 1 amide bonds. The number of likely N-dealkylation sites (N-methyl/N-ethyl adjacent to an activating group) is 1. The molecule has 0 aromatic heterocycles. The molecule has 1 aliphatic heterocycles. The number of carbonyl (C=O) groups excluding carboxylic acids is 1. The minimum Gasteiger partial charge on any atom is -0.479 e. The van der Waals surface area contributed by atoms with Crippen molar-refractivity contribution >= 4 is 29.1 Å². The molecule has 4 nitrogen and oxygen atoms in total.